The third kappa shape index (κ3) is 2.71. The Bertz CT molecular complexity index is 746. The van der Waals surface area contributed by atoms with E-state index in [1.54, 1.807) is 6.20 Å². The largest absolute Gasteiger partial charge is 0.490 e. The van der Waals surface area contributed by atoms with Gasteiger partial charge in [-0.25, -0.2) is 0 Å². The maximum atomic E-state index is 6.00. The normalized spacial score (nSPS) is 12.7. The standard InChI is InChI=1S/C19H21N2O/c1-4-15(14-7-6-10-20-11-14)16-12-21-17-8-5-9-18(19(16)17)22-13(2)3/h5-13,15,21H,1,4H2,2-3H3. The van der Waals surface area contributed by atoms with Crippen LogP contribution in [0.15, 0.2) is 48.9 Å². The highest BCUT2D eigenvalue weighted by Crippen LogP contribution is 2.37. The molecule has 3 nitrogen and oxygen atoms in total. The highest BCUT2D eigenvalue weighted by atomic mass is 16.5. The second kappa shape index (κ2) is 6.22. The lowest BCUT2D eigenvalue weighted by molar-refractivity contribution is 0.245. The van der Waals surface area contributed by atoms with Gasteiger partial charge in [0.25, 0.3) is 0 Å². The lowest BCUT2D eigenvalue weighted by atomic mass is 9.89. The quantitative estimate of drug-likeness (QED) is 0.740. The second-order valence-corrected chi connectivity index (χ2v) is 5.72. The first-order chi connectivity index (χ1) is 10.7. The maximum absolute atomic E-state index is 6.00. The fraction of sp³-hybridized carbons (Fsp3) is 0.263. The van der Waals surface area contributed by atoms with E-state index in [1.807, 2.05) is 38.2 Å². The van der Waals surface area contributed by atoms with E-state index >= 15 is 0 Å². The summed E-state index contributed by atoms with van der Waals surface area (Å²) in [5.41, 5.74) is 3.49. The number of ether oxygens (including phenoxy) is 1. The summed E-state index contributed by atoms with van der Waals surface area (Å²) in [4.78, 5) is 7.60. The summed E-state index contributed by atoms with van der Waals surface area (Å²) in [7, 11) is 0. The molecule has 1 aromatic carbocycles. The zero-order chi connectivity index (χ0) is 15.5. The van der Waals surface area contributed by atoms with Crippen LogP contribution in [0.4, 0.5) is 0 Å². The molecule has 0 aliphatic rings. The third-order valence-electron chi connectivity index (χ3n) is 3.81. The van der Waals surface area contributed by atoms with Crippen molar-refractivity contribution in [3.63, 3.8) is 0 Å². The van der Waals surface area contributed by atoms with Crippen molar-refractivity contribution in [2.45, 2.75) is 32.3 Å². The smallest absolute Gasteiger partial charge is 0.129 e. The van der Waals surface area contributed by atoms with Crippen LogP contribution in [0.25, 0.3) is 10.9 Å². The molecule has 1 unspecified atom stereocenters. The van der Waals surface area contributed by atoms with Crippen LogP contribution in [0.1, 0.15) is 37.3 Å². The van der Waals surface area contributed by atoms with Gasteiger partial charge >= 0.3 is 0 Å². The number of nitrogens with zero attached hydrogens (tertiary/aromatic N) is 1. The lowest BCUT2D eigenvalue weighted by Crippen LogP contribution is -2.06. The molecule has 3 aromatic rings. The Morgan fingerprint density at radius 3 is 2.77 bits per heavy atom. The molecule has 2 aromatic heterocycles. The predicted molar refractivity (Wildman–Crippen MR) is 90.1 cm³/mol. The highest BCUT2D eigenvalue weighted by molar-refractivity contribution is 5.90. The zero-order valence-corrected chi connectivity index (χ0v) is 13.0. The highest BCUT2D eigenvalue weighted by Gasteiger charge is 2.19. The number of pyridine rings is 1. The average molecular weight is 293 g/mol. The van der Waals surface area contributed by atoms with Crippen molar-refractivity contribution in [3.8, 4) is 5.75 Å². The number of fused-ring (bicyclic) bond motifs is 1. The Kier molecular flexibility index (Phi) is 4.14. The Labute approximate surface area is 131 Å². The summed E-state index contributed by atoms with van der Waals surface area (Å²) >= 11 is 0. The summed E-state index contributed by atoms with van der Waals surface area (Å²) in [5.74, 6) is 1.13. The molecule has 2 heterocycles. The van der Waals surface area contributed by atoms with Crippen molar-refractivity contribution in [2.24, 2.45) is 0 Å². The van der Waals surface area contributed by atoms with Crippen molar-refractivity contribution in [2.75, 3.05) is 0 Å². The second-order valence-electron chi connectivity index (χ2n) is 5.72. The van der Waals surface area contributed by atoms with Gasteiger partial charge in [0.15, 0.2) is 0 Å². The molecule has 3 rings (SSSR count). The monoisotopic (exact) mass is 293 g/mol. The minimum Gasteiger partial charge on any atom is -0.490 e. The first-order valence-corrected chi connectivity index (χ1v) is 7.66. The van der Waals surface area contributed by atoms with Crippen LogP contribution in [0, 0.1) is 6.92 Å². The molecule has 0 saturated carbocycles. The molecule has 1 radical (unpaired) electrons. The summed E-state index contributed by atoms with van der Waals surface area (Å²) < 4.78 is 6.00. The number of aromatic amines is 1. The molecule has 0 spiro atoms. The van der Waals surface area contributed by atoms with Gasteiger partial charge in [-0.1, -0.05) is 19.1 Å². The van der Waals surface area contributed by atoms with E-state index in [-0.39, 0.29) is 12.0 Å². The van der Waals surface area contributed by atoms with Crippen LogP contribution >= 0.6 is 0 Å². The number of H-pyrrole nitrogens is 1. The van der Waals surface area contributed by atoms with Gasteiger partial charge in [-0.05, 0) is 49.6 Å². The molecule has 0 saturated heterocycles. The summed E-state index contributed by atoms with van der Waals surface area (Å²) in [6.07, 6.45) is 6.70. The topological polar surface area (TPSA) is 37.9 Å². The molecule has 0 aliphatic carbocycles. The molecule has 3 heteroatoms. The molecule has 0 amide bonds. The van der Waals surface area contributed by atoms with Crippen LogP contribution < -0.4 is 4.74 Å². The summed E-state index contributed by atoms with van der Waals surface area (Å²) in [5, 5.41) is 1.15. The Morgan fingerprint density at radius 2 is 2.09 bits per heavy atom. The molecule has 0 fully saturated rings. The van der Waals surface area contributed by atoms with Crippen molar-refractivity contribution in [3.05, 3.63) is 67.0 Å². The number of nitrogens with one attached hydrogen (secondary N) is 1. The number of hydrogen-bond donors (Lipinski definition) is 1. The number of benzene rings is 1. The van der Waals surface area contributed by atoms with E-state index in [2.05, 4.69) is 35.2 Å². The molecule has 1 N–H and O–H groups in total. The van der Waals surface area contributed by atoms with Crippen LogP contribution in [0.5, 0.6) is 5.75 Å². The van der Waals surface area contributed by atoms with Crippen LogP contribution in [0.3, 0.4) is 0 Å². The zero-order valence-electron chi connectivity index (χ0n) is 13.0. The molecule has 22 heavy (non-hydrogen) atoms. The number of hydrogen-bond acceptors (Lipinski definition) is 2. The number of aromatic nitrogens is 2. The molecular formula is C19H21N2O. The minimum absolute atomic E-state index is 0.143. The Morgan fingerprint density at radius 1 is 1.23 bits per heavy atom. The van der Waals surface area contributed by atoms with Crippen LogP contribution in [-0.4, -0.2) is 16.1 Å². The molecule has 113 valence electrons. The van der Waals surface area contributed by atoms with E-state index in [1.165, 1.54) is 11.1 Å². The first kappa shape index (κ1) is 14.6. The molecule has 0 aliphatic heterocycles. The van der Waals surface area contributed by atoms with E-state index in [4.69, 9.17) is 4.74 Å². The van der Waals surface area contributed by atoms with Gasteiger partial charge in [0.1, 0.15) is 5.75 Å². The van der Waals surface area contributed by atoms with Gasteiger partial charge in [-0.2, -0.15) is 0 Å². The van der Waals surface area contributed by atoms with Gasteiger partial charge in [0, 0.05) is 35.4 Å². The third-order valence-corrected chi connectivity index (χ3v) is 3.81. The van der Waals surface area contributed by atoms with Crippen molar-refractivity contribution >= 4 is 10.9 Å². The minimum atomic E-state index is 0.143. The molecule has 1 atom stereocenters. The van der Waals surface area contributed by atoms with Gasteiger partial charge in [-0.3, -0.25) is 4.98 Å². The van der Waals surface area contributed by atoms with Crippen molar-refractivity contribution < 1.29 is 4.74 Å². The fourth-order valence-corrected chi connectivity index (χ4v) is 2.89. The summed E-state index contributed by atoms with van der Waals surface area (Å²) in [6.45, 7) is 8.23. The van der Waals surface area contributed by atoms with Crippen molar-refractivity contribution in [1.29, 1.82) is 0 Å². The van der Waals surface area contributed by atoms with E-state index < -0.39 is 0 Å². The van der Waals surface area contributed by atoms with E-state index in [0.717, 1.165) is 23.1 Å². The first-order valence-electron chi connectivity index (χ1n) is 7.66. The molecule has 0 bridgehead atoms. The molecular weight excluding hydrogens is 272 g/mol. The van der Waals surface area contributed by atoms with Crippen molar-refractivity contribution in [1.82, 2.24) is 9.97 Å². The number of rotatable bonds is 5. The van der Waals surface area contributed by atoms with Gasteiger partial charge in [0.05, 0.1) is 6.10 Å². The van der Waals surface area contributed by atoms with Gasteiger partial charge < -0.3 is 9.72 Å². The van der Waals surface area contributed by atoms with Crippen LogP contribution in [0.2, 0.25) is 0 Å². The summed E-state index contributed by atoms with van der Waals surface area (Å²) in [6, 6.07) is 10.2. The SMILES string of the molecule is [CH2]CC(c1cccnc1)c1c[nH]c2cccc(OC(C)C)c12. The van der Waals surface area contributed by atoms with E-state index in [0.29, 0.717) is 0 Å². The fourth-order valence-electron chi connectivity index (χ4n) is 2.89. The Hall–Kier alpha value is -2.29. The lowest BCUT2D eigenvalue weighted by Gasteiger charge is -2.17. The Balaban J connectivity index is 2.13. The predicted octanol–water partition coefficient (Wildman–Crippen LogP) is 4.71. The van der Waals surface area contributed by atoms with Crippen LogP contribution in [-0.2, 0) is 0 Å². The van der Waals surface area contributed by atoms with Gasteiger partial charge in [-0.15, -0.1) is 0 Å². The van der Waals surface area contributed by atoms with E-state index in [9.17, 15) is 0 Å². The maximum Gasteiger partial charge on any atom is 0.129 e. The average Bonchev–Trinajstić information content (AvgIpc) is 2.94. The van der Waals surface area contributed by atoms with Gasteiger partial charge in [0.2, 0.25) is 0 Å².